The molecule has 136 valence electrons. The molecule has 0 aliphatic carbocycles. The van der Waals surface area contributed by atoms with E-state index >= 15 is 0 Å². The van der Waals surface area contributed by atoms with E-state index in [1.54, 1.807) is 30.6 Å². The molecular weight excluding hydrogens is 330 g/mol. The molecule has 7 heteroatoms. The van der Waals surface area contributed by atoms with Crippen LogP contribution in [0.5, 0.6) is 0 Å². The molecule has 7 nitrogen and oxygen atoms in total. The average Bonchev–Trinajstić information content (AvgIpc) is 2.69. The van der Waals surface area contributed by atoms with Crippen LogP contribution in [0.25, 0.3) is 0 Å². The van der Waals surface area contributed by atoms with Crippen LogP contribution in [0.1, 0.15) is 19.3 Å². The van der Waals surface area contributed by atoms with Gasteiger partial charge >= 0.3 is 0 Å². The molecule has 2 N–H and O–H groups in total. The van der Waals surface area contributed by atoms with Crippen molar-refractivity contribution in [3.8, 4) is 0 Å². The van der Waals surface area contributed by atoms with Crippen LogP contribution in [-0.4, -0.2) is 41.4 Å². The van der Waals surface area contributed by atoms with E-state index < -0.39 is 0 Å². The Labute approximate surface area is 152 Å². The van der Waals surface area contributed by atoms with Gasteiger partial charge in [-0.1, -0.05) is 12.1 Å². The second-order valence-electron chi connectivity index (χ2n) is 6.28. The highest BCUT2D eigenvalue weighted by atomic mass is 16.2. The summed E-state index contributed by atoms with van der Waals surface area (Å²) in [5, 5.41) is 5.58. The molecule has 0 spiro atoms. The van der Waals surface area contributed by atoms with E-state index in [9.17, 15) is 9.59 Å². The van der Waals surface area contributed by atoms with Crippen LogP contribution >= 0.6 is 0 Å². The Balaban J connectivity index is 1.42. The first-order valence-corrected chi connectivity index (χ1v) is 8.87. The fourth-order valence-electron chi connectivity index (χ4n) is 3.03. The lowest BCUT2D eigenvalue weighted by Gasteiger charge is -2.32. The molecule has 26 heavy (non-hydrogen) atoms. The standard InChI is InChI=1S/C19H23N5O2/c25-18(23-16-7-1-3-10-20-16)9-12-22-19(26)15-6-5-13-24(14-15)17-8-2-4-11-21-17/h1-4,7-8,10-11,15H,5-6,9,12-14H2,(H,22,26)(H,20,23,25)/t15-/m1/s1. The fraction of sp³-hybridized carbons (Fsp3) is 0.368. The number of nitrogens with zero attached hydrogens (tertiary/aromatic N) is 3. The van der Waals surface area contributed by atoms with E-state index in [0.29, 0.717) is 18.9 Å². The Morgan fingerprint density at radius 3 is 2.65 bits per heavy atom. The van der Waals surface area contributed by atoms with Crippen molar-refractivity contribution in [1.29, 1.82) is 0 Å². The third kappa shape index (κ3) is 5.02. The summed E-state index contributed by atoms with van der Waals surface area (Å²) >= 11 is 0. The Morgan fingerprint density at radius 1 is 1.12 bits per heavy atom. The maximum absolute atomic E-state index is 12.4. The van der Waals surface area contributed by atoms with Gasteiger partial charge in [-0.3, -0.25) is 9.59 Å². The molecule has 0 unspecified atom stereocenters. The van der Waals surface area contributed by atoms with Gasteiger partial charge in [0.1, 0.15) is 11.6 Å². The molecule has 3 heterocycles. The lowest BCUT2D eigenvalue weighted by Crippen LogP contribution is -2.43. The van der Waals surface area contributed by atoms with E-state index in [4.69, 9.17) is 0 Å². The number of amides is 2. The molecule has 1 aliphatic heterocycles. The highest BCUT2D eigenvalue weighted by Crippen LogP contribution is 2.21. The van der Waals surface area contributed by atoms with Gasteiger partial charge in [-0.05, 0) is 37.1 Å². The van der Waals surface area contributed by atoms with Crippen molar-refractivity contribution in [3.63, 3.8) is 0 Å². The molecule has 2 aromatic heterocycles. The summed E-state index contributed by atoms with van der Waals surface area (Å²) < 4.78 is 0. The summed E-state index contributed by atoms with van der Waals surface area (Å²) in [4.78, 5) is 34.8. The maximum Gasteiger partial charge on any atom is 0.227 e. The van der Waals surface area contributed by atoms with Crippen LogP contribution in [-0.2, 0) is 9.59 Å². The third-order valence-electron chi connectivity index (χ3n) is 4.35. The molecule has 0 radical (unpaired) electrons. The van der Waals surface area contributed by atoms with Gasteiger partial charge in [0.05, 0.1) is 5.92 Å². The number of pyridine rings is 2. The molecule has 2 aromatic rings. The van der Waals surface area contributed by atoms with Gasteiger partial charge in [0.15, 0.2) is 0 Å². The predicted molar refractivity (Wildman–Crippen MR) is 99.7 cm³/mol. The van der Waals surface area contributed by atoms with Gasteiger partial charge in [0, 0.05) is 38.4 Å². The van der Waals surface area contributed by atoms with E-state index in [1.165, 1.54) is 0 Å². The number of hydrogen-bond acceptors (Lipinski definition) is 5. The van der Waals surface area contributed by atoms with Gasteiger partial charge < -0.3 is 15.5 Å². The minimum atomic E-state index is -0.164. The van der Waals surface area contributed by atoms with Crippen LogP contribution in [0.3, 0.4) is 0 Å². The number of carbonyl (C=O) groups excluding carboxylic acids is 2. The number of hydrogen-bond donors (Lipinski definition) is 2. The summed E-state index contributed by atoms with van der Waals surface area (Å²) in [7, 11) is 0. The van der Waals surface area contributed by atoms with Crippen molar-refractivity contribution in [3.05, 3.63) is 48.8 Å². The quantitative estimate of drug-likeness (QED) is 0.827. The first kappa shape index (κ1) is 17.8. The molecule has 1 aliphatic rings. The van der Waals surface area contributed by atoms with Gasteiger partial charge in [-0.15, -0.1) is 0 Å². The molecular formula is C19H23N5O2. The predicted octanol–water partition coefficient (Wildman–Crippen LogP) is 1.84. The zero-order chi connectivity index (χ0) is 18.2. The molecule has 0 aromatic carbocycles. The highest BCUT2D eigenvalue weighted by molar-refractivity contribution is 5.90. The molecule has 1 fully saturated rings. The Bertz CT molecular complexity index is 723. The largest absolute Gasteiger partial charge is 0.356 e. The average molecular weight is 353 g/mol. The fourth-order valence-corrected chi connectivity index (χ4v) is 3.03. The summed E-state index contributed by atoms with van der Waals surface area (Å²) in [5.74, 6) is 1.17. The van der Waals surface area contributed by atoms with E-state index in [2.05, 4.69) is 25.5 Å². The summed E-state index contributed by atoms with van der Waals surface area (Å²) in [6.07, 6.45) is 5.41. The molecule has 3 rings (SSSR count). The van der Waals surface area contributed by atoms with E-state index in [1.807, 2.05) is 18.2 Å². The van der Waals surface area contributed by atoms with Gasteiger partial charge in [0.25, 0.3) is 0 Å². The van der Waals surface area contributed by atoms with Crippen molar-refractivity contribution in [1.82, 2.24) is 15.3 Å². The number of carbonyl (C=O) groups is 2. The smallest absolute Gasteiger partial charge is 0.227 e. The van der Waals surface area contributed by atoms with Crippen LogP contribution < -0.4 is 15.5 Å². The van der Waals surface area contributed by atoms with Crippen molar-refractivity contribution >= 4 is 23.5 Å². The van der Waals surface area contributed by atoms with Crippen LogP contribution in [0.4, 0.5) is 11.6 Å². The van der Waals surface area contributed by atoms with Gasteiger partial charge in [-0.2, -0.15) is 0 Å². The molecule has 0 bridgehead atoms. The van der Waals surface area contributed by atoms with E-state index in [0.717, 1.165) is 25.2 Å². The van der Waals surface area contributed by atoms with Gasteiger partial charge in [-0.25, -0.2) is 9.97 Å². The number of piperidine rings is 1. The van der Waals surface area contributed by atoms with Crippen LogP contribution in [0, 0.1) is 5.92 Å². The topological polar surface area (TPSA) is 87.2 Å². The summed E-state index contributed by atoms with van der Waals surface area (Å²) in [6.45, 7) is 1.88. The monoisotopic (exact) mass is 353 g/mol. The van der Waals surface area contributed by atoms with Crippen molar-refractivity contribution in [2.24, 2.45) is 5.92 Å². The second-order valence-corrected chi connectivity index (χ2v) is 6.28. The van der Waals surface area contributed by atoms with Crippen molar-refractivity contribution in [2.45, 2.75) is 19.3 Å². The second kappa shape index (κ2) is 8.94. The van der Waals surface area contributed by atoms with Crippen molar-refractivity contribution in [2.75, 3.05) is 29.9 Å². The minimum absolute atomic E-state index is 0.00346. The Kier molecular flexibility index (Phi) is 6.14. The summed E-state index contributed by atoms with van der Waals surface area (Å²) in [5.41, 5.74) is 0. The molecule has 1 atom stereocenters. The number of rotatable bonds is 6. The normalized spacial score (nSPS) is 16.8. The molecule has 1 saturated heterocycles. The van der Waals surface area contributed by atoms with Crippen LogP contribution in [0.15, 0.2) is 48.8 Å². The lowest BCUT2D eigenvalue weighted by molar-refractivity contribution is -0.125. The Hall–Kier alpha value is -2.96. The van der Waals surface area contributed by atoms with Gasteiger partial charge in [0.2, 0.25) is 11.8 Å². The molecule has 2 amide bonds. The van der Waals surface area contributed by atoms with E-state index in [-0.39, 0.29) is 24.2 Å². The number of anilines is 2. The molecule has 0 saturated carbocycles. The minimum Gasteiger partial charge on any atom is -0.356 e. The number of aromatic nitrogens is 2. The first-order valence-electron chi connectivity index (χ1n) is 8.87. The Morgan fingerprint density at radius 2 is 1.92 bits per heavy atom. The zero-order valence-electron chi connectivity index (χ0n) is 14.6. The van der Waals surface area contributed by atoms with Crippen molar-refractivity contribution < 1.29 is 9.59 Å². The SMILES string of the molecule is O=C(CCNC(=O)[C@@H]1CCCN(c2ccccn2)C1)Nc1ccccn1. The zero-order valence-corrected chi connectivity index (χ0v) is 14.6. The maximum atomic E-state index is 12.4. The number of nitrogens with one attached hydrogen (secondary N) is 2. The van der Waals surface area contributed by atoms with Crippen LogP contribution in [0.2, 0.25) is 0 Å². The first-order chi connectivity index (χ1) is 12.7. The third-order valence-corrected chi connectivity index (χ3v) is 4.35. The summed E-state index contributed by atoms with van der Waals surface area (Å²) in [6, 6.07) is 11.1. The lowest BCUT2D eigenvalue weighted by atomic mass is 9.97. The highest BCUT2D eigenvalue weighted by Gasteiger charge is 2.26.